The lowest BCUT2D eigenvalue weighted by Crippen LogP contribution is -2.16. The molecule has 0 unspecified atom stereocenters. The van der Waals surface area contributed by atoms with Crippen molar-refractivity contribution in [3.05, 3.63) is 39.4 Å². The van der Waals surface area contributed by atoms with Crippen LogP contribution in [0.1, 0.15) is 39.2 Å². The van der Waals surface area contributed by atoms with Crippen LogP contribution >= 0.6 is 15.9 Å². The van der Waals surface area contributed by atoms with Gasteiger partial charge in [0.25, 0.3) is 0 Å². The number of nitrogens with zero attached hydrogens (tertiary/aromatic N) is 3. The molecular formula is C15H14BrN3O5. The molecule has 0 radical (unpaired) electrons. The summed E-state index contributed by atoms with van der Waals surface area (Å²) in [6.45, 7) is 1.84. The third kappa shape index (κ3) is 3.51. The fourth-order valence-electron chi connectivity index (χ4n) is 1.96. The highest BCUT2D eigenvalue weighted by atomic mass is 79.9. The van der Waals surface area contributed by atoms with Crippen molar-refractivity contribution in [1.82, 2.24) is 15.0 Å². The maximum absolute atomic E-state index is 12.8. The Morgan fingerprint density at radius 3 is 2.17 bits per heavy atom. The van der Waals surface area contributed by atoms with Crippen LogP contribution < -0.4 is 9.47 Å². The predicted octanol–water partition coefficient (Wildman–Crippen LogP) is 2.14. The summed E-state index contributed by atoms with van der Waals surface area (Å²) >= 11 is 3.10. The van der Waals surface area contributed by atoms with E-state index in [1.54, 1.807) is 0 Å². The summed E-state index contributed by atoms with van der Waals surface area (Å²) in [5.41, 5.74) is 0.254. The number of carboxylic acids is 1. The molecule has 24 heavy (non-hydrogen) atoms. The highest BCUT2D eigenvalue weighted by Gasteiger charge is 2.25. The molecule has 9 heteroatoms. The van der Waals surface area contributed by atoms with Gasteiger partial charge in [-0.25, -0.2) is 9.78 Å². The number of carboxylic acid groups (broad SMARTS) is 1. The number of rotatable bonds is 6. The van der Waals surface area contributed by atoms with Gasteiger partial charge >= 0.3 is 5.97 Å². The average molecular weight is 396 g/mol. The SMILES string of the molecule is CCc1cc(C(=O)c2nc(OC)cc(OC)n2)c(C(=O)O)c(Br)n1. The zero-order valence-electron chi connectivity index (χ0n) is 13.2. The number of pyridine rings is 1. The van der Waals surface area contributed by atoms with Gasteiger partial charge in [0, 0.05) is 11.3 Å². The van der Waals surface area contributed by atoms with E-state index in [-0.39, 0.29) is 33.3 Å². The third-order valence-electron chi connectivity index (χ3n) is 3.15. The van der Waals surface area contributed by atoms with Crippen LogP contribution in [0.2, 0.25) is 0 Å². The van der Waals surface area contributed by atoms with Crippen molar-refractivity contribution in [1.29, 1.82) is 0 Å². The fraction of sp³-hybridized carbons (Fsp3) is 0.267. The van der Waals surface area contributed by atoms with Crippen molar-refractivity contribution in [3.63, 3.8) is 0 Å². The molecular weight excluding hydrogens is 382 g/mol. The highest BCUT2D eigenvalue weighted by Crippen LogP contribution is 2.24. The Morgan fingerprint density at radius 2 is 1.71 bits per heavy atom. The molecule has 8 nitrogen and oxygen atoms in total. The molecule has 2 aromatic rings. The number of hydrogen-bond acceptors (Lipinski definition) is 7. The minimum absolute atomic E-state index is 0.0588. The molecule has 0 saturated carbocycles. The van der Waals surface area contributed by atoms with E-state index in [0.717, 1.165) is 0 Å². The van der Waals surface area contributed by atoms with Gasteiger partial charge in [0.05, 0.1) is 20.3 Å². The van der Waals surface area contributed by atoms with E-state index in [9.17, 15) is 14.7 Å². The Labute approximate surface area is 146 Å². The van der Waals surface area contributed by atoms with Gasteiger partial charge in [-0.1, -0.05) is 6.92 Å². The quantitative estimate of drug-likeness (QED) is 0.584. The molecule has 0 atom stereocenters. The Morgan fingerprint density at radius 1 is 1.12 bits per heavy atom. The molecule has 126 valence electrons. The summed E-state index contributed by atoms with van der Waals surface area (Å²) < 4.78 is 10.1. The van der Waals surface area contributed by atoms with Gasteiger partial charge in [0.15, 0.2) is 0 Å². The number of carbonyl (C=O) groups excluding carboxylic acids is 1. The van der Waals surface area contributed by atoms with Crippen LogP contribution in [0.25, 0.3) is 0 Å². The topological polar surface area (TPSA) is 112 Å². The van der Waals surface area contributed by atoms with Crippen molar-refractivity contribution in [2.24, 2.45) is 0 Å². The fourth-order valence-corrected chi connectivity index (χ4v) is 2.57. The minimum Gasteiger partial charge on any atom is -0.481 e. The Kier molecular flexibility index (Phi) is 5.45. The molecule has 0 spiro atoms. The standard InChI is InChI=1S/C15H14BrN3O5/c1-4-7-5-8(11(15(21)22)13(16)17-7)12(20)14-18-9(23-2)6-10(19-14)24-3/h5-6H,4H2,1-3H3,(H,21,22). The number of methoxy groups -OCH3 is 2. The first-order chi connectivity index (χ1) is 11.4. The van der Waals surface area contributed by atoms with Crippen molar-refractivity contribution in [2.75, 3.05) is 14.2 Å². The van der Waals surface area contributed by atoms with Crippen LogP contribution in [0.15, 0.2) is 16.7 Å². The van der Waals surface area contributed by atoms with Crippen LogP contribution in [-0.4, -0.2) is 46.0 Å². The molecule has 2 heterocycles. The third-order valence-corrected chi connectivity index (χ3v) is 3.72. The summed E-state index contributed by atoms with van der Waals surface area (Å²) in [6, 6.07) is 2.83. The molecule has 0 fully saturated rings. The van der Waals surface area contributed by atoms with E-state index in [1.165, 1.54) is 26.4 Å². The van der Waals surface area contributed by atoms with Crippen LogP contribution in [0.5, 0.6) is 11.8 Å². The molecule has 0 amide bonds. The Bertz CT molecular complexity index is 788. The number of halogens is 1. The molecule has 2 rings (SSSR count). The molecule has 0 aliphatic carbocycles. The highest BCUT2D eigenvalue weighted by molar-refractivity contribution is 9.10. The van der Waals surface area contributed by atoms with Gasteiger partial charge in [0.2, 0.25) is 23.4 Å². The van der Waals surface area contributed by atoms with E-state index in [2.05, 4.69) is 30.9 Å². The van der Waals surface area contributed by atoms with Gasteiger partial charge in [-0.15, -0.1) is 0 Å². The van der Waals surface area contributed by atoms with Gasteiger partial charge in [-0.3, -0.25) is 4.79 Å². The lowest BCUT2D eigenvalue weighted by Gasteiger charge is -2.10. The molecule has 1 N–H and O–H groups in total. The largest absolute Gasteiger partial charge is 0.481 e. The predicted molar refractivity (Wildman–Crippen MR) is 86.8 cm³/mol. The van der Waals surface area contributed by atoms with E-state index in [0.29, 0.717) is 12.1 Å². The first-order valence-corrected chi connectivity index (χ1v) is 7.65. The van der Waals surface area contributed by atoms with E-state index >= 15 is 0 Å². The molecule has 0 saturated heterocycles. The number of aryl methyl sites for hydroxylation is 1. The van der Waals surface area contributed by atoms with Crippen molar-refractivity contribution in [2.45, 2.75) is 13.3 Å². The number of carbonyl (C=O) groups is 2. The van der Waals surface area contributed by atoms with Crippen LogP contribution in [-0.2, 0) is 6.42 Å². The molecule has 0 bridgehead atoms. The second kappa shape index (κ2) is 7.35. The van der Waals surface area contributed by atoms with Crippen LogP contribution in [0.3, 0.4) is 0 Å². The smallest absolute Gasteiger partial charge is 0.339 e. The van der Waals surface area contributed by atoms with Gasteiger partial charge in [0.1, 0.15) is 10.2 Å². The summed E-state index contributed by atoms with van der Waals surface area (Å²) in [4.78, 5) is 36.3. The first-order valence-electron chi connectivity index (χ1n) is 6.85. The number of ether oxygens (including phenoxy) is 2. The van der Waals surface area contributed by atoms with Gasteiger partial charge in [-0.2, -0.15) is 9.97 Å². The second-order valence-corrected chi connectivity index (χ2v) is 5.34. The summed E-state index contributed by atoms with van der Waals surface area (Å²) in [5, 5.41) is 9.39. The summed E-state index contributed by atoms with van der Waals surface area (Å²) in [5.74, 6) is -1.91. The van der Waals surface area contributed by atoms with Crippen LogP contribution in [0, 0.1) is 0 Å². The second-order valence-electron chi connectivity index (χ2n) is 4.59. The molecule has 0 aromatic carbocycles. The lowest BCUT2D eigenvalue weighted by atomic mass is 10.0. The lowest BCUT2D eigenvalue weighted by molar-refractivity contribution is 0.0691. The zero-order valence-corrected chi connectivity index (χ0v) is 14.7. The summed E-state index contributed by atoms with van der Waals surface area (Å²) in [6.07, 6.45) is 0.529. The number of hydrogen-bond donors (Lipinski definition) is 1. The normalized spacial score (nSPS) is 10.3. The maximum atomic E-state index is 12.8. The monoisotopic (exact) mass is 395 g/mol. The number of aromatic carboxylic acids is 1. The van der Waals surface area contributed by atoms with E-state index < -0.39 is 11.8 Å². The maximum Gasteiger partial charge on any atom is 0.339 e. The van der Waals surface area contributed by atoms with Gasteiger partial charge < -0.3 is 14.6 Å². The number of ketones is 1. The van der Waals surface area contributed by atoms with Crippen molar-refractivity contribution in [3.8, 4) is 11.8 Å². The average Bonchev–Trinajstić information content (AvgIpc) is 2.59. The van der Waals surface area contributed by atoms with Crippen molar-refractivity contribution < 1.29 is 24.2 Å². The molecule has 0 aliphatic heterocycles. The Hall–Kier alpha value is -2.55. The van der Waals surface area contributed by atoms with E-state index in [4.69, 9.17) is 9.47 Å². The van der Waals surface area contributed by atoms with Gasteiger partial charge in [-0.05, 0) is 28.4 Å². The molecule has 2 aromatic heterocycles. The summed E-state index contributed by atoms with van der Waals surface area (Å²) in [7, 11) is 2.77. The minimum atomic E-state index is -1.28. The first kappa shape index (κ1) is 17.8. The van der Waals surface area contributed by atoms with Crippen LogP contribution in [0.4, 0.5) is 0 Å². The Balaban J connectivity index is 2.65. The molecule has 0 aliphatic rings. The number of aromatic nitrogens is 3. The zero-order chi connectivity index (χ0) is 17.9. The van der Waals surface area contributed by atoms with Crippen molar-refractivity contribution >= 4 is 27.7 Å². The van der Waals surface area contributed by atoms with E-state index in [1.807, 2.05) is 6.92 Å².